The van der Waals surface area contributed by atoms with Crippen LogP contribution in [0, 0.1) is 0 Å². The van der Waals surface area contributed by atoms with Gasteiger partial charge in [0.2, 0.25) is 0 Å². The normalized spacial score (nSPS) is 10.6. The molecule has 0 spiro atoms. The number of hydrazone groups is 1. The van der Waals surface area contributed by atoms with E-state index in [4.69, 9.17) is 27.9 Å². The van der Waals surface area contributed by atoms with Gasteiger partial charge in [0.05, 0.1) is 6.21 Å². The van der Waals surface area contributed by atoms with Crippen LogP contribution in [0.1, 0.15) is 11.1 Å². The first-order valence-electron chi connectivity index (χ1n) is 8.87. The van der Waals surface area contributed by atoms with Gasteiger partial charge in [-0.15, -0.1) is 0 Å². The van der Waals surface area contributed by atoms with Crippen molar-refractivity contribution in [2.24, 2.45) is 5.10 Å². The number of rotatable bonds is 6. The van der Waals surface area contributed by atoms with Gasteiger partial charge in [0, 0.05) is 15.7 Å². The molecule has 2 N–H and O–H groups in total. The maximum absolute atomic E-state index is 11.8. The molecule has 152 valence electrons. The second-order valence-corrected chi connectivity index (χ2v) is 7.02. The lowest BCUT2D eigenvalue weighted by Crippen LogP contribution is -2.32. The van der Waals surface area contributed by atoms with Gasteiger partial charge in [-0.05, 0) is 71.8 Å². The number of halogens is 2. The van der Waals surface area contributed by atoms with E-state index < -0.39 is 11.8 Å². The van der Waals surface area contributed by atoms with Crippen LogP contribution in [-0.4, -0.2) is 18.0 Å². The first kappa shape index (κ1) is 21.4. The molecule has 0 radical (unpaired) electrons. The molecule has 0 saturated heterocycles. The predicted octanol–water partition coefficient (Wildman–Crippen LogP) is 4.66. The summed E-state index contributed by atoms with van der Waals surface area (Å²) in [6.07, 6.45) is 1.43. The van der Waals surface area contributed by atoms with Crippen LogP contribution in [0.3, 0.4) is 0 Å². The zero-order valence-corrected chi connectivity index (χ0v) is 17.2. The number of ether oxygens (including phenoxy) is 1. The van der Waals surface area contributed by atoms with Crippen LogP contribution in [0.2, 0.25) is 10.0 Å². The standard InChI is InChI=1S/C22H17Cl2N3O3/c23-17-5-1-16(2-6-17)14-30-20-11-3-15(4-12-20)13-25-27-22(29)21(28)26-19-9-7-18(24)8-10-19/h1-13H,14H2,(H,26,28)(H,27,29)/b25-13-. The van der Waals surface area contributed by atoms with Crippen molar-refractivity contribution < 1.29 is 14.3 Å². The Balaban J connectivity index is 1.46. The second-order valence-electron chi connectivity index (χ2n) is 6.14. The molecule has 6 nitrogen and oxygen atoms in total. The molecule has 8 heteroatoms. The first-order valence-corrected chi connectivity index (χ1v) is 9.62. The van der Waals surface area contributed by atoms with Crippen LogP contribution in [0.4, 0.5) is 5.69 Å². The topological polar surface area (TPSA) is 79.8 Å². The summed E-state index contributed by atoms with van der Waals surface area (Å²) in [7, 11) is 0. The number of benzene rings is 3. The van der Waals surface area contributed by atoms with E-state index in [0.717, 1.165) is 11.1 Å². The van der Waals surface area contributed by atoms with Gasteiger partial charge in [-0.25, -0.2) is 5.43 Å². The first-order chi connectivity index (χ1) is 14.5. The fraction of sp³-hybridized carbons (Fsp3) is 0.0455. The van der Waals surface area contributed by atoms with Crippen molar-refractivity contribution in [3.63, 3.8) is 0 Å². The number of carbonyl (C=O) groups excluding carboxylic acids is 2. The Morgan fingerprint density at radius 3 is 2.07 bits per heavy atom. The van der Waals surface area contributed by atoms with E-state index in [1.807, 2.05) is 24.3 Å². The largest absolute Gasteiger partial charge is 0.489 e. The zero-order chi connectivity index (χ0) is 21.3. The molecule has 3 rings (SSSR count). The van der Waals surface area contributed by atoms with E-state index in [2.05, 4.69) is 15.8 Å². The van der Waals surface area contributed by atoms with Gasteiger partial charge >= 0.3 is 11.8 Å². The maximum Gasteiger partial charge on any atom is 0.329 e. The van der Waals surface area contributed by atoms with Crippen molar-refractivity contribution in [2.75, 3.05) is 5.32 Å². The molecule has 0 heterocycles. The van der Waals surface area contributed by atoms with Crippen LogP contribution < -0.4 is 15.5 Å². The van der Waals surface area contributed by atoms with Crippen LogP contribution in [0.5, 0.6) is 5.75 Å². The molecule has 0 atom stereocenters. The molecule has 0 bridgehead atoms. The van der Waals surface area contributed by atoms with Gasteiger partial charge in [0.25, 0.3) is 0 Å². The fourth-order valence-corrected chi connectivity index (χ4v) is 2.59. The molecular weight excluding hydrogens is 425 g/mol. The van der Waals surface area contributed by atoms with Gasteiger partial charge in [-0.2, -0.15) is 5.10 Å². The third kappa shape index (κ3) is 6.62. The molecule has 3 aromatic carbocycles. The Morgan fingerprint density at radius 2 is 1.43 bits per heavy atom. The summed E-state index contributed by atoms with van der Waals surface area (Å²) in [5.41, 5.74) is 4.37. The summed E-state index contributed by atoms with van der Waals surface area (Å²) < 4.78 is 5.71. The van der Waals surface area contributed by atoms with Crippen molar-refractivity contribution in [3.05, 3.63) is 94.0 Å². The summed E-state index contributed by atoms with van der Waals surface area (Å²) in [5, 5.41) is 7.45. The van der Waals surface area contributed by atoms with Crippen molar-refractivity contribution in [1.82, 2.24) is 5.43 Å². The smallest absolute Gasteiger partial charge is 0.329 e. The minimum Gasteiger partial charge on any atom is -0.489 e. The van der Waals surface area contributed by atoms with Crippen molar-refractivity contribution in [1.29, 1.82) is 0 Å². The summed E-state index contributed by atoms with van der Waals surface area (Å²) in [5.74, 6) is -1.03. The third-order valence-corrected chi connectivity index (χ3v) is 4.39. The lowest BCUT2D eigenvalue weighted by atomic mass is 10.2. The molecule has 0 unspecified atom stereocenters. The highest BCUT2D eigenvalue weighted by molar-refractivity contribution is 6.39. The molecule has 0 saturated carbocycles. The molecule has 0 aromatic heterocycles. The van der Waals surface area contributed by atoms with Crippen LogP contribution in [0.15, 0.2) is 77.9 Å². The summed E-state index contributed by atoms with van der Waals surface area (Å²) in [6, 6.07) is 20.9. The monoisotopic (exact) mass is 441 g/mol. The molecular formula is C22H17Cl2N3O3. The van der Waals surface area contributed by atoms with Crippen LogP contribution in [-0.2, 0) is 16.2 Å². The minimum absolute atomic E-state index is 0.420. The predicted molar refractivity (Wildman–Crippen MR) is 118 cm³/mol. The Hall–Kier alpha value is -3.35. The summed E-state index contributed by atoms with van der Waals surface area (Å²) >= 11 is 11.6. The highest BCUT2D eigenvalue weighted by Gasteiger charge is 2.12. The molecule has 0 aliphatic heterocycles. The van der Waals surface area contributed by atoms with E-state index in [-0.39, 0.29) is 0 Å². The summed E-state index contributed by atoms with van der Waals surface area (Å²) in [6.45, 7) is 0.420. The lowest BCUT2D eigenvalue weighted by molar-refractivity contribution is -0.136. The summed E-state index contributed by atoms with van der Waals surface area (Å²) in [4.78, 5) is 23.6. The van der Waals surface area contributed by atoms with Gasteiger partial charge < -0.3 is 10.1 Å². The number of hydrogen-bond acceptors (Lipinski definition) is 4. The molecule has 0 aliphatic rings. The zero-order valence-electron chi connectivity index (χ0n) is 15.6. The number of amides is 2. The van der Waals surface area contributed by atoms with Gasteiger partial charge in [-0.3, -0.25) is 9.59 Å². The van der Waals surface area contributed by atoms with Crippen LogP contribution >= 0.6 is 23.2 Å². The van der Waals surface area contributed by atoms with Crippen molar-refractivity contribution in [3.8, 4) is 5.75 Å². The van der Waals surface area contributed by atoms with E-state index in [0.29, 0.717) is 28.1 Å². The molecule has 30 heavy (non-hydrogen) atoms. The van der Waals surface area contributed by atoms with E-state index in [1.165, 1.54) is 6.21 Å². The van der Waals surface area contributed by atoms with Crippen molar-refractivity contribution in [2.45, 2.75) is 6.61 Å². The Labute approximate surface area is 183 Å². The average molecular weight is 442 g/mol. The molecule has 3 aromatic rings. The highest BCUT2D eigenvalue weighted by atomic mass is 35.5. The Bertz CT molecular complexity index is 1030. The Kier molecular flexibility index (Phi) is 7.43. The van der Waals surface area contributed by atoms with Crippen LogP contribution in [0.25, 0.3) is 0 Å². The third-order valence-electron chi connectivity index (χ3n) is 3.89. The number of nitrogens with one attached hydrogen (secondary N) is 2. The number of anilines is 1. The quantitative estimate of drug-likeness (QED) is 0.331. The molecule has 2 amide bonds. The van der Waals surface area contributed by atoms with E-state index in [1.54, 1.807) is 48.5 Å². The second kappa shape index (κ2) is 10.4. The van der Waals surface area contributed by atoms with E-state index in [9.17, 15) is 9.59 Å². The van der Waals surface area contributed by atoms with Crippen molar-refractivity contribution >= 4 is 46.9 Å². The number of carbonyl (C=O) groups is 2. The fourth-order valence-electron chi connectivity index (χ4n) is 2.33. The molecule has 0 aliphatic carbocycles. The minimum atomic E-state index is -0.885. The molecule has 0 fully saturated rings. The lowest BCUT2D eigenvalue weighted by Gasteiger charge is -2.06. The number of nitrogens with zero attached hydrogens (tertiary/aromatic N) is 1. The van der Waals surface area contributed by atoms with Gasteiger partial charge in [0.1, 0.15) is 12.4 Å². The number of hydrogen-bond donors (Lipinski definition) is 2. The maximum atomic E-state index is 11.8. The van der Waals surface area contributed by atoms with E-state index >= 15 is 0 Å². The highest BCUT2D eigenvalue weighted by Crippen LogP contribution is 2.15. The van der Waals surface area contributed by atoms with Gasteiger partial charge in [-0.1, -0.05) is 35.3 Å². The average Bonchev–Trinajstić information content (AvgIpc) is 2.76. The van der Waals surface area contributed by atoms with Gasteiger partial charge in [0.15, 0.2) is 0 Å². The Morgan fingerprint density at radius 1 is 0.833 bits per heavy atom. The SMILES string of the molecule is O=C(N/N=C\c1ccc(OCc2ccc(Cl)cc2)cc1)C(=O)Nc1ccc(Cl)cc1.